The van der Waals surface area contributed by atoms with Gasteiger partial charge in [-0.3, -0.25) is 4.79 Å². The Bertz CT molecular complexity index is 670. The van der Waals surface area contributed by atoms with Gasteiger partial charge in [0.1, 0.15) is 5.75 Å². The van der Waals surface area contributed by atoms with Crippen LogP contribution in [-0.4, -0.2) is 24.2 Å². The molecule has 3 atom stereocenters. The molecule has 0 aliphatic rings. The zero-order chi connectivity index (χ0) is 17.7. The lowest BCUT2D eigenvalue weighted by atomic mass is 9.98. The van der Waals surface area contributed by atoms with Crippen LogP contribution in [0.2, 0.25) is 0 Å². The van der Waals surface area contributed by atoms with Gasteiger partial charge in [0.15, 0.2) is 0 Å². The first kappa shape index (κ1) is 18.7. The molecule has 2 aromatic carbocycles. The third-order valence-corrected chi connectivity index (χ3v) is 4.78. The lowest BCUT2D eigenvalue weighted by molar-refractivity contribution is -0.123. The van der Waals surface area contributed by atoms with Crippen molar-refractivity contribution < 1.29 is 14.6 Å². The van der Waals surface area contributed by atoms with Gasteiger partial charge in [0.2, 0.25) is 5.91 Å². The predicted octanol–water partition coefficient (Wildman–Crippen LogP) is 3.64. The Kier molecular flexibility index (Phi) is 6.62. The van der Waals surface area contributed by atoms with Gasteiger partial charge in [-0.1, -0.05) is 24.3 Å². The molecule has 0 aliphatic carbocycles. The number of benzene rings is 2. The van der Waals surface area contributed by atoms with Gasteiger partial charge in [-0.15, -0.1) is 0 Å². The third-order valence-electron chi connectivity index (χ3n) is 4.06. The van der Waals surface area contributed by atoms with Gasteiger partial charge in [0.25, 0.3) is 0 Å². The van der Waals surface area contributed by atoms with E-state index < -0.39 is 12.1 Å². The Morgan fingerprint density at radius 1 is 1.04 bits per heavy atom. The first-order chi connectivity index (χ1) is 11.4. The van der Waals surface area contributed by atoms with Gasteiger partial charge >= 0.3 is 0 Å². The lowest BCUT2D eigenvalue weighted by Crippen LogP contribution is -2.39. The molecule has 0 spiro atoms. The fraction of sp³-hybridized carbons (Fsp3) is 0.316. The number of hydrogen-bond donors (Lipinski definition) is 2. The topological polar surface area (TPSA) is 58.6 Å². The van der Waals surface area contributed by atoms with Crippen molar-refractivity contribution >= 4 is 28.5 Å². The molecule has 2 rings (SSSR count). The van der Waals surface area contributed by atoms with Crippen molar-refractivity contribution in [3.05, 3.63) is 63.2 Å². The molecule has 0 aliphatic heterocycles. The van der Waals surface area contributed by atoms with Crippen molar-refractivity contribution in [2.75, 3.05) is 7.11 Å². The molecule has 128 valence electrons. The molecule has 24 heavy (non-hydrogen) atoms. The Labute approximate surface area is 156 Å². The number of halogens is 1. The van der Waals surface area contributed by atoms with Crippen LogP contribution in [0.3, 0.4) is 0 Å². The van der Waals surface area contributed by atoms with Crippen molar-refractivity contribution in [2.24, 2.45) is 0 Å². The largest absolute Gasteiger partial charge is 0.497 e. The standard InChI is InChI=1S/C19H22INO3/c1-12(14-4-8-16(20)9-5-14)19(23)21-13(2)18(22)15-6-10-17(24-3)11-7-15/h4-13,18,22H,1-3H3,(H,21,23). The van der Waals surface area contributed by atoms with Crippen molar-refractivity contribution in [3.63, 3.8) is 0 Å². The number of carbonyl (C=O) groups is 1. The molecule has 5 heteroatoms. The number of hydrogen-bond acceptors (Lipinski definition) is 3. The SMILES string of the molecule is COc1ccc(C(O)C(C)NC(=O)C(C)c2ccc(I)cc2)cc1. The van der Waals surface area contributed by atoms with Gasteiger partial charge in [-0.25, -0.2) is 0 Å². The van der Waals surface area contributed by atoms with Crippen molar-refractivity contribution in [1.29, 1.82) is 0 Å². The van der Waals surface area contributed by atoms with Crippen LogP contribution in [0.1, 0.15) is 37.0 Å². The van der Waals surface area contributed by atoms with Gasteiger partial charge in [0.05, 0.1) is 25.2 Å². The highest BCUT2D eigenvalue weighted by molar-refractivity contribution is 14.1. The molecule has 3 unspecified atom stereocenters. The van der Waals surface area contributed by atoms with Crippen LogP contribution in [0.4, 0.5) is 0 Å². The number of aliphatic hydroxyl groups is 1. The van der Waals surface area contributed by atoms with Crippen LogP contribution in [0.15, 0.2) is 48.5 Å². The minimum absolute atomic E-state index is 0.101. The van der Waals surface area contributed by atoms with Crippen LogP contribution < -0.4 is 10.1 Å². The average Bonchev–Trinajstić information content (AvgIpc) is 2.61. The smallest absolute Gasteiger partial charge is 0.227 e. The van der Waals surface area contributed by atoms with Gasteiger partial charge in [-0.05, 0) is 71.8 Å². The Balaban J connectivity index is 2.00. The summed E-state index contributed by atoms with van der Waals surface area (Å²) < 4.78 is 6.24. The molecular weight excluding hydrogens is 417 g/mol. The van der Waals surface area contributed by atoms with E-state index >= 15 is 0 Å². The van der Waals surface area contributed by atoms with Crippen LogP contribution >= 0.6 is 22.6 Å². The highest BCUT2D eigenvalue weighted by atomic mass is 127. The molecule has 4 nitrogen and oxygen atoms in total. The number of amides is 1. The maximum Gasteiger partial charge on any atom is 0.227 e. The molecule has 0 saturated carbocycles. The van der Waals surface area contributed by atoms with E-state index in [9.17, 15) is 9.90 Å². The summed E-state index contributed by atoms with van der Waals surface area (Å²) in [6.07, 6.45) is -0.774. The van der Waals surface area contributed by atoms with E-state index in [-0.39, 0.29) is 11.8 Å². The number of carbonyl (C=O) groups excluding carboxylic acids is 1. The van der Waals surface area contributed by atoms with E-state index in [0.717, 1.165) is 20.4 Å². The second-order valence-electron chi connectivity index (χ2n) is 5.79. The second-order valence-corrected chi connectivity index (χ2v) is 7.03. The van der Waals surface area contributed by atoms with E-state index in [0.29, 0.717) is 0 Å². The zero-order valence-electron chi connectivity index (χ0n) is 14.0. The molecule has 2 N–H and O–H groups in total. The summed E-state index contributed by atoms with van der Waals surface area (Å²) >= 11 is 2.23. The van der Waals surface area contributed by atoms with Crippen LogP contribution in [0, 0.1) is 3.57 Å². The minimum Gasteiger partial charge on any atom is -0.497 e. The lowest BCUT2D eigenvalue weighted by Gasteiger charge is -2.23. The second kappa shape index (κ2) is 8.48. The molecule has 0 heterocycles. The maximum absolute atomic E-state index is 12.4. The van der Waals surface area contributed by atoms with Crippen LogP contribution in [0.25, 0.3) is 0 Å². The van der Waals surface area contributed by atoms with Crippen molar-refractivity contribution in [1.82, 2.24) is 5.32 Å². The molecule has 0 bridgehead atoms. The Morgan fingerprint density at radius 2 is 1.58 bits per heavy atom. The fourth-order valence-electron chi connectivity index (χ4n) is 2.42. The van der Waals surface area contributed by atoms with Crippen LogP contribution in [0.5, 0.6) is 5.75 Å². The summed E-state index contributed by atoms with van der Waals surface area (Å²) in [4.78, 5) is 12.4. The minimum atomic E-state index is -0.774. The first-order valence-corrected chi connectivity index (χ1v) is 8.88. The maximum atomic E-state index is 12.4. The van der Waals surface area contributed by atoms with E-state index in [4.69, 9.17) is 4.74 Å². The van der Waals surface area contributed by atoms with Crippen LogP contribution in [-0.2, 0) is 4.79 Å². The Hall–Kier alpha value is -1.60. The summed E-state index contributed by atoms with van der Waals surface area (Å²) in [7, 11) is 1.60. The van der Waals surface area contributed by atoms with E-state index in [1.54, 1.807) is 38.3 Å². The highest BCUT2D eigenvalue weighted by Crippen LogP contribution is 2.22. The van der Waals surface area contributed by atoms with Crippen molar-refractivity contribution in [3.8, 4) is 5.75 Å². The number of ether oxygens (including phenoxy) is 1. The first-order valence-electron chi connectivity index (χ1n) is 7.80. The third kappa shape index (κ3) is 4.70. The number of nitrogens with one attached hydrogen (secondary N) is 1. The van der Waals surface area contributed by atoms with Gasteiger partial charge in [-0.2, -0.15) is 0 Å². The van der Waals surface area contributed by atoms with E-state index in [1.807, 2.05) is 31.2 Å². The quantitative estimate of drug-likeness (QED) is 0.676. The average molecular weight is 439 g/mol. The van der Waals surface area contributed by atoms with Crippen molar-refractivity contribution in [2.45, 2.75) is 31.9 Å². The summed E-state index contributed by atoms with van der Waals surface area (Å²) in [5.41, 5.74) is 1.70. The zero-order valence-corrected chi connectivity index (χ0v) is 16.2. The predicted molar refractivity (Wildman–Crippen MR) is 103 cm³/mol. The summed E-state index contributed by atoms with van der Waals surface area (Å²) in [5.74, 6) is 0.360. The monoisotopic (exact) mass is 439 g/mol. The number of methoxy groups -OCH3 is 1. The summed E-state index contributed by atoms with van der Waals surface area (Å²) in [6.45, 7) is 3.66. The highest BCUT2D eigenvalue weighted by Gasteiger charge is 2.22. The fourth-order valence-corrected chi connectivity index (χ4v) is 2.78. The molecule has 2 aromatic rings. The Morgan fingerprint density at radius 3 is 2.12 bits per heavy atom. The summed E-state index contributed by atoms with van der Waals surface area (Å²) in [6, 6.07) is 14.7. The number of aliphatic hydroxyl groups excluding tert-OH is 1. The molecule has 0 fully saturated rings. The number of rotatable bonds is 6. The summed E-state index contributed by atoms with van der Waals surface area (Å²) in [5, 5.41) is 13.3. The van der Waals surface area contributed by atoms with Gasteiger partial charge < -0.3 is 15.2 Å². The van der Waals surface area contributed by atoms with Gasteiger partial charge in [0, 0.05) is 3.57 Å². The molecule has 0 aromatic heterocycles. The van der Waals surface area contributed by atoms with E-state index in [2.05, 4.69) is 27.9 Å². The molecular formula is C19H22INO3. The van der Waals surface area contributed by atoms with E-state index in [1.165, 1.54) is 0 Å². The molecule has 0 radical (unpaired) electrons. The molecule has 1 amide bonds. The molecule has 0 saturated heterocycles. The normalized spacial score (nSPS) is 14.5.